The quantitative estimate of drug-likeness (QED) is 0.394. The van der Waals surface area contributed by atoms with Gasteiger partial charge in [0.15, 0.2) is 5.96 Å². The zero-order valence-corrected chi connectivity index (χ0v) is 15.1. The normalized spacial score (nSPS) is 11.5. The van der Waals surface area contributed by atoms with Crippen LogP contribution >= 0.6 is 0 Å². The van der Waals surface area contributed by atoms with E-state index >= 15 is 0 Å². The fraction of sp³-hybridized carbons (Fsp3) is 0.474. The molecular formula is C19H28N4O2. The molecule has 0 unspecified atom stereocenters. The van der Waals surface area contributed by atoms with Gasteiger partial charge in [0, 0.05) is 38.6 Å². The fourth-order valence-corrected chi connectivity index (χ4v) is 2.36. The predicted molar refractivity (Wildman–Crippen MR) is 99.6 cm³/mol. The first kappa shape index (κ1) is 19.0. The largest absolute Gasteiger partial charge is 0.467 e. The first-order chi connectivity index (χ1) is 12.3. The van der Waals surface area contributed by atoms with Crippen LogP contribution in [-0.2, 0) is 17.8 Å². The monoisotopic (exact) mass is 344 g/mol. The number of nitrogens with zero attached hydrogens (tertiary/aromatic N) is 2. The molecule has 136 valence electrons. The Balaban J connectivity index is 1.64. The molecule has 25 heavy (non-hydrogen) atoms. The summed E-state index contributed by atoms with van der Waals surface area (Å²) < 4.78 is 10.8. The van der Waals surface area contributed by atoms with Crippen molar-refractivity contribution in [1.82, 2.24) is 15.6 Å². The number of rotatable bonds is 10. The van der Waals surface area contributed by atoms with Crippen molar-refractivity contribution in [2.24, 2.45) is 4.99 Å². The van der Waals surface area contributed by atoms with Crippen LogP contribution in [0.25, 0.3) is 0 Å². The Bertz CT molecular complexity index is 626. The molecule has 0 aromatic carbocycles. The summed E-state index contributed by atoms with van der Waals surface area (Å²) in [6, 6.07) is 5.85. The second-order valence-corrected chi connectivity index (χ2v) is 5.73. The number of pyridine rings is 1. The average molecular weight is 344 g/mol. The highest BCUT2D eigenvalue weighted by atomic mass is 16.5. The molecule has 0 saturated carbocycles. The molecule has 0 spiro atoms. The molecule has 2 heterocycles. The maximum absolute atomic E-state index is 5.56. The molecule has 0 atom stereocenters. The summed E-state index contributed by atoms with van der Waals surface area (Å²) in [5.41, 5.74) is 2.53. The maximum atomic E-state index is 5.56. The summed E-state index contributed by atoms with van der Waals surface area (Å²) in [5.74, 6) is 1.70. The van der Waals surface area contributed by atoms with Gasteiger partial charge in [-0.25, -0.2) is 0 Å². The molecule has 2 N–H and O–H groups in total. The number of aryl methyl sites for hydroxylation is 1. The molecular weight excluding hydrogens is 316 g/mol. The minimum Gasteiger partial charge on any atom is -0.467 e. The second-order valence-electron chi connectivity index (χ2n) is 5.73. The Morgan fingerprint density at radius 2 is 2.24 bits per heavy atom. The Hall–Kier alpha value is -2.34. The first-order valence-corrected chi connectivity index (χ1v) is 8.81. The van der Waals surface area contributed by atoms with Gasteiger partial charge in [-0.15, -0.1) is 0 Å². The van der Waals surface area contributed by atoms with E-state index < -0.39 is 0 Å². The summed E-state index contributed by atoms with van der Waals surface area (Å²) in [7, 11) is 0. The van der Waals surface area contributed by atoms with Gasteiger partial charge in [-0.05, 0) is 56.0 Å². The van der Waals surface area contributed by atoms with E-state index in [2.05, 4.69) is 40.5 Å². The lowest BCUT2D eigenvalue weighted by Gasteiger charge is -2.12. The van der Waals surface area contributed by atoms with Crippen molar-refractivity contribution in [3.05, 3.63) is 53.7 Å². The van der Waals surface area contributed by atoms with Crippen LogP contribution in [0, 0.1) is 6.92 Å². The standard InChI is InChI=1S/C19H28N4O2/c1-3-21-19(23-11-8-17-7-10-20-14-16(17)2)22-9-5-12-24-15-18-6-4-13-25-18/h4,6-7,10,13-14H,3,5,8-9,11-12,15H2,1-2H3,(H2,21,22,23). The minimum absolute atomic E-state index is 0.514. The predicted octanol–water partition coefficient (Wildman–Crippen LogP) is 2.69. The molecule has 2 aromatic heterocycles. The highest BCUT2D eigenvalue weighted by Gasteiger charge is 2.00. The molecule has 0 aliphatic heterocycles. The molecule has 0 bridgehead atoms. The smallest absolute Gasteiger partial charge is 0.191 e. The number of hydrogen-bond acceptors (Lipinski definition) is 4. The van der Waals surface area contributed by atoms with Crippen molar-refractivity contribution in [2.75, 3.05) is 26.2 Å². The average Bonchev–Trinajstić information content (AvgIpc) is 3.13. The lowest BCUT2D eigenvalue weighted by molar-refractivity contribution is 0.105. The highest BCUT2D eigenvalue weighted by molar-refractivity contribution is 5.79. The third-order valence-corrected chi connectivity index (χ3v) is 3.71. The van der Waals surface area contributed by atoms with Crippen LogP contribution in [-0.4, -0.2) is 37.2 Å². The van der Waals surface area contributed by atoms with Crippen LogP contribution in [0.15, 0.2) is 46.3 Å². The molecule has 0 saturated heterocycles. The van der Waals surface area contributed by atoms with Crippen molar-refractivity contribution in [3.8, 4) is 0 Å². The molecule has 6 nitrogen and oxygen atoms in total. The zero-order valence-electron chi connectivity index (χ0n) is 15.1. The van der Waals surface area contributed by atoms with Crippen LogP contribution in [0.1, 0.15) is 30.2 Å². The van der Waals surface area contributed by atoms with Crippen LogP contribution in [0.5, 0.6) is 0 Å². The molecule has 0 aliphatic carbocycles. The minimum atomic E-state index is 0.514. The van der Waals surface area contributed by atoms with Gasteiger partial charge in [-0.1, -0.05) is 0 Å². The van der Waals surface area contributed by atoms with Gasteiger partial charge in [0.1, 0.15) is 12.4 Å². The van der Waals surface area contributed by atoms with Crippen LogP contribution in [0.2, 0.25) is 0 Å². The highest BCUT2D eigenvalue weighted by Crippen LogP contribution is 2.05. The zero-order chi connectivity index (χ0) is 17.7. The molecule has 2 rings (SSSR count). The number of guanidine groups is 1. The van der Waals surface area contributed by atoms with Crippen molar-refractivity contribution >= 4 is 5.96 Å². The van der Waals surface area contributed by atoms with E-state index in [9.17, 15) is 0 Å². The number of furan rings is 1. The number of aromatic nitrogens is 1. The van der Waals surface area contributed by atoms with Crippen molar-refractivity contribution in [3.63, 3.8) is 0 Å². The van der Waals surface area contributed by atoms with Gasteiger partial charge in [-0.3, -0.25) is 9.98 Å². The van der Waals surface area contributed by atoms with Crippen molar-refractivity contribution in [1.29, 1.82) is 0 Å². The van der Waals surface area contributed by atoms with Gasteiger partial charge in [0.2, 0.25) is 0 Å². The lowest BCUT2D eigenvalue weighted by Crippen LogP contribution is -2.38. The Morgan fingerprint density at radius 3 is 3.00 bits per heavy atom. The molecule has 2 aromatic rings. The van der Waals surface area contributed by atoms with E-state index in [1.165, 1.54) is 11.1 Å². The van der Waals surface area contributed by atoms with E-state index in [1.54, 1.807) is 6.26 Å². The third-order valence-electron chi connectivity index (χ3n) is 3.71. The first-order valence-electron chi connectivity index (χ1n) is 8.81. The Labute approximate surface area is 149 Å². The van der Waals surface area contributed by atoms with Gasteiger partial charge >= 0.3 is 0 Å². The molecule has 6 heteroatoms. The summed E-state index contributed by atoms with van der Waals surface area (Å²) in [5, 5.41) is 6.64. The summed E-state index contributed by atoms with van der Waals surface area (Å²) in [6.45, 7) is 7.74. The van der Waals surface area contributed by atoms with Gasteiger partial charge in [-0.2, -0.15) is 0 Å². The van der Waals surface area contributed by atoms with Crippen molar-refractivity contribution in [2.45, 2.75) is 33.3 Å². The summed E-state index contributed by atoms with van der Waals surface area (Å²) in [6.07, 6.45) is 7.22. The van der Waals surface area contributed by atoms with E-state index in [0.717, 1.165) is 44.2 Å². The molecule has 0 amide bonds. The second kappa shape index (κ2) is 11.3. The summed E-state index contributed by atoms with van der Waals surface area (Å²) >= 11 is 0. The van der Waals surface area contributed by atoms with Crippen LogP contribution in [0.3, 0.4) is 0 Å². The van der Waals surface area contributed by atoms with E-state index in [0.29, 0.717) is 13.2 Å². The van der Waals surface area contributed by atoms with E-state index in [4.69, 9.17) is 9.15 Å². The van der Waals surface area contributed by atoms with Gasteiger partial charge < -0.3 is 19.8 Å². The van der Waals surface area contributed by atoms with Gasteiger partial charge in [0.25, 0.3) is 0 Å². The maximum Gasteiger partial charge on any atom is 0.191 e. The lowest BCUT2D eigenvalue weighted by atomic mass is 10.1. The number of ether oxygens (including phenoxy) is 1. The third kappa shape index (κ3) is 7.39. The van der Waals surface area contributed by atoms with Crippen molar-refractivity contribution < 1.29 is 9.15 Å². The number of aliphatic imine (C=N–C) groups is 1. The SMILES string of the molecule is CCNC(=NCCCOCc1ccco1)NCCc1ccncc1C. The van der Waals surface area contributed by atoms with E-state index in [1.807, 2.05) is 24.5 Å². The summed E-state index contributed by atoms with van der Waals surface area (Å²) in [4.78, 5) is 8.70. The van der Waals surface area contributed by atoms with Crippen LogP contribution in [0.4, 0.5) is 0 Å². The van der Waals surface area contributed by atoms with E-state index in [-0.39, 0.29) is 0 Å². The fourth-order valence-electron chi connectivity index (χ4n) is 2.36. The van der Waals surface area contributed by atoms with Gasteiger partial charge in [0.05, 0.1) is 6.26 Å². The topological polar surface area (TPSA) is 71.7 Å². The number of hydrogen-bond donors (Lipinski definition) is 2. The number of nitrogens with one attached hydrogen (secondary N) is 2. The van der Waals surface area contributed by atoms with Crippen LogP contribution < -0.4 is 10.6 Å². The Kier molecular flexibility index (Phi) is 8.55. The molecule has 0 radical (unpaired) electrons. The molecule has 0 aliphatic rings. The molecule has 0 fully saturated rings. The Morgan fingerprint density at radius 1 is 1.32 bits per heavy atom.